The average molecular weight is 505 g/mol. The van der Waals surface area contributed by atoms with Gasteiger partial charge >= 0.3 is 0 Å². The number of halogens is 1. The molecule has 0 bridgehead atoms. The lowest BCUT2D eigenvalue weighted by molar-refractivity contribution is -0.142. The number of carbonyl (C=O) groups excluding carboxylic acids is 2. The van der Waals surface area contributed by atoms with Gasteiger partial charge < -0.3 is 19.7 Å². The van der Waals surface area contributed by atoms with Crippen LogP contribution in [0.3, 0.4) is 0 Å². The summed E-state index contributed by atoms with van der Waals surface area (Å²) in [4.78, 5) is 27.3. The van der Waals surface area contributed by atoms with Crippen LogP contribution < -0.4 is 14.8 Å². The molecular weight excluding hydrogens is 472 g/mol. The summed E-state index contributed by atoms with van der Waals surface area (Å²) in [7, 11) is 3.17. The minimum Gasteiger partial charge on any atom is -0.497 e. The van der Waals surface area contributed by atoms with Gasteiger partial charge in [-0.25, -0.2) is 0 Å². The van der Waals surface area contributed by atoms with E-state index in [4.69, 9.17) is 9.47 Å². The minimum atomic E-state index is -0.603. The normalized spacial score (nSPS) is 12.1. The van der Waals surface area contributed by atoms with E-state index in [-0.39, 0.29) is 30.4 Å². The Kier molecular flexibility index (Phi) is 9.13. The van der Waals surface area contributed by atoms with Gasteiger partial charge in [-0.2, -0.15) is 0 Å². The van der Waals surface area contributed by atoms with Crippen molar-refractivity contribution in [3.05, 3.63) is 58.1 Å². The summed E-state index contributed by atoms with van der Waals surface area (Å²) in [6, 6.07) is 12.7. The number of hydrogen-bond donors (Lipinski definition) is 1. The number of hydrogen-bond acceptors (Lipinski definition) is 4. The SMILES string of the molecule is CC[C@@H](C(=O)NC)N(Cc1cccc(OC)c1)C(=O)COc1ccc(C(C)(C)C)cc1Br. The standard InChI is InChI=1S/C25H33BrN2O4/c1-7-21(24(30)27-5)28(15-17-9-8-10-19(13-17)31-6)23(29)16-32-22-12-11-18(14-20(22)26)25(2,3)4/h8-14,21H,7,15-16H2,1-6H3,(H,27,30)/t21-/m0/s1. The third kappa shape index (κ3) is 6.73. The van der Waals surface area contributed by atoms with Crippen LogP contribution in [0.15, 0.2) is 46.9 Å². The highest BCUT2D eigenvalue weighted by atomic mass is 79.9. The largest absolute Gasteiger partial charge is 0.497 e. The molecule has 0 spiro atoms. The molecule has 2 amide bonds. The molecule has 0 aliphatic rings. The van der Waals surface area contributed by atoms with Crippen molar-refractivity contribution in [3.63, 3.8) is 0 Å². The number of amides is 2. The molecule has 0 aliphatic carbocycles. The number of nitrogens with zero attached hydrogens (tertiary/aromatic N) is 1. The van der Waals surface area contributed by atoms with E-state index in [9.17, 15) is 9.59 Å². The molecule has 0 fully saturated rings. The van der Waals surface area contributed by atoms with Crippen LogP contribution in [0.2, 0.25) is 0 Å². The molecule has 0 heterocycles. The second kappa shape index (κ2) is 11.4. The molecule has 1 N–H and O–H groups in total. The minimum absolute atomic E-state index is 0.00622. The van der Waals surface area contributed by atoms with E-state index < -0.39 is 6.04 Å². The Hall–Kier alpha value is -2.54. The van der Waals surface area contributed by atoms with Gasteiger partial charge in [-0.05, 0) is 63.2 Å². The first-order valence-corrected chi connectivity index (χ1v) is 11.5. The highest BCUT2D eigenvalue weighted by Gasteiger charge is 2.28. The molecule has 174 valence electrons. The van der Waals surface area contributed by atoms with Crippen LogP contribution in [0.25, 0.3) is 0 Å². The summed E-state index contributed by atoms with van der Waals surface area (Å²) in [5.41, 5.74) is 2.04. The van der Waals surface area contributed by atoms with Crippen LogP contribution in [0.4, 0.5) is 0 Å². The predicted octanol–water partition coefficient (Wildman–Crippen LogP) is 4.69. The fourth-order valence-corrected chi connectivity index (χ4v) is 3.85. The zero-order valence-corrected chi connectivity index (χ0v) is 21.3. The molecule has 0 unspecified atom stereocenters. The Bertz CT molecular complexity index is 940. The van der Waals surface area contributed by atoms with Crippen LogP contribution in [0.5, 0.6) is 11.5 Å². The molecule has 1 atom stereocenters. The summed E-state index contributed by atoms with van der Waals surface area (Å²) in [5, 5.41) is 2.66. The number of ether oxygens (including phenoxy) is 2. The second-order valence-corrected chi connectivity index (χ2v) is 9.45. The lowest BCUT2D eigenvalue weighted by Gasteiger charge is -2.30. The fraction of sp³-hybridized carbons (Fsp3) is 0.440. The molecule has 0 aromatic heterocycles. The van der Waals surface area contributed by atoms with Crippen molar-refractivity contribution in [2.75, 3.05) is 20.8 Å². The van der Waals surface area contributed by atoms with Crippen LogP contribution in [0, 0.1) is 0 Å². The quantitative estimate of drug-likeness (QED) is 0.537. The number of methoxy groups -OCH3 is 1. The Morgan fingerprint density at radius 3 is 2.44 bits per heavy atom. The van der Waals surface area contributed by atoms with Gasteiger partial charge in [0, 0.05) is 13.6 Å². The van der Waals surface area contributed by atoms with Crippen LogP contribution in [-0.4, -0.2) is 43.5 Å². The smallest absolute Gasteiger partial charge is 0.261 e. The zero-order valence-electron chi connectivity index (χ0n) is 19.7. The lowest BCUT2D eigenvalue weighted by Crippen LogP contribution is -2.49. The monoisotopic (exact) mass is 504 g/mol. The number of carbonyl (C=O) groups is 2. The molecule has 7 heteroatoms. The van der Waals surface area contributed by atoms with Crippen LogP contribution >= 0.6 is 15.9 Å². The van der Waals surface area contributed by atoms with Gasteiger partial charge in [0.2, 0.25) is 5.91 Å². The van der Waals surface area contributed by atoms with Gasteiger partial charge in [0.05, 0.1) is 11.6 Å². The van der Waals surface area contributed by atoms with E-state index in [1.54, 1.807) is 19.1 Å². The van der Waals surface area contributed by atoms with Crippen molar-refractivity contribution in [3.8, 4) is 11.5 Å². The van der Waals surface area contributed by atoms with Gasteiger partial charge in [-0.3, -0.25) is 9.59 Å². The van der Waals surface area contributed by atoms with Crippen molar-refractivity contribution in [2.45, 2.75) is 52.1 Å². The number of nitrogens with one attached hydrogen (secondary N) is 1. The number of rotatable bonds is 9. The molecule has 0 saturated heterocycles. The predicted molar refractivity (Wildman–Crippen MR) is 130 cm³/mol. The van der Waals surface area contributed by atoms with E-state index in [0.29, 0.717) is 17.9 Å². The van der Waals surface area contributed by atoms with Crippen molar-refractivity contribution in [1.82, 2.24) is 10.2 Å². The van der Waals surface area contributed by atoms with Crippen molar-refractivity contribution in [1.29, 1.82) is 0 Å². The van der Waals surface area contributed by atoms with E-state index in [1.165, 1.54) is 0 Å². The number of likely N-dealkylation sites (N-methyl/N-ethyl adjacent to an activating group) is 1. The molecule has 0 aliphatic heterocycles. The van der Waals surface area contributed by atoms with E-state index >= 15 is 0 Å². The second-order valence-electron chi connectivity index (χ2n) is 8.60. The topological polar surface area (TPSA) is 67.9 Å². The number of benzene rings is 2. The first-order chi connectivity index (χ1) is 15.1. The van der Waals surface area contributed by atoms with E-state index in [1.807, 2.05) is 49.4 Å². The summed E-state index contributed by atoms with van der Waals surface area (Å²) >= 11 is 3.55. The van der Waals surface area contributed by atoms with Gasteiger partial charge in [0.15, 0.2) is 6.61 Å². The maximum atomic E-state index is 13.2. The van der Waals surface area contributed by atoms with Gasteiger partial charge in [-0.1, -0.05) is 45.9 Å². The average Bonchev–Trinajstić information content (AvgIpc) is 2.77. The zero-order chi connectivity index (χ0) is 23.9. The van der Waals surface area contributed by atoms with Gasteiger partial charge in [-0.15, -0.1) is 0 Å². The third-order valence-corrected chi connectivity index (χ3v) is 5.89. The summed E-state index contributed by atoms with van der Waals surface area (Å²) in [6.07, 6.45) is 0.485. The third-order valence-electron chi connectivity index (χ3n) is 5.27. The summed E-state index contributed by atoms with van der Waals surface area (Å²) < 4.78 is 11.9. The Balaban J connectivity index is 2.23. The first kappa shape index (κ1) is 25.7. The Morgan fingerprint density at radius 2 is 1.88 bits per heavy atom. The van der Waals surface area contributed by atoms with E-state index in [0.717, 1.165) is 15.6 Å². The maximum Gasteiger partial charge on any atom is 0.261 e. The van der Waals surface area contributed by atoms with Crippen molar-refractivity contribution >= 4 is 27.7 Å². The molecule has 2 aromatic carbocycles. The van der Waals surface area contributed by atoms with Crippen LogP contribution in [0.1, 0.15) is 45.2 Å². The molecule has 0 saturated carbocycles. The summed E-state index contributed by atoms with van der Waals surface area (Å²) in [5.74, 6) is 0.803. The van der Waals surface area contributed by atoms with Crippen LogP contribution in [-0.2, 0) is 21.5 Å². The lowest BCUT2D eigenvalue weighted by atomic mass is 9.87. The molecule has 2 rings (SSSR count). The van der Waals surface area contributed by atoms with Gasteiger partial charge in [0.1, 0.15) is 17.5 Å². The highest BCUT2D eigenvalue weighted by Crippen LogP contribution is 2.31. The van der Waals surface area contributed by atoms with E-state index in [2.05, 4.69) is 42.0 Å². The first-order valence-electron chi connectivity index (χ1n) is 10.7. The molecule has 6 nitrogen and oxygen atoms in total. The van der Waals surface area contributed by atoms with Gasteiger partial charge in [0.25, 0.3) is 5.91 Å². The Morgan fingerprint density at radius 1 is 1.16 bits per heavy atom. The Labute approximate surface area is 199 Å². The van der Waals surface area contributed by atoms with Crippen molar-refractivity contribution in [2.24, 2.45) is 0 Å². The maximum absolute atomic E-state index is 13.2. The molecule has 0 radical (unpaired) electrons. The van der Waals surface area contributed by atoms with Crippen molar-refractivity contribution < 1.29 is 19.1 Å². The summed E-state index contributed by atoms with van der Waals surface area (Å²) in [6.45, 7) is 8.39. The molecule has 32 heavy (non-hydrogen) atoms. The molecule has 2 aromatic rings. The highest BCUT2D eigenvalue weighted by molar-refractivity contribution is 9.10. The fourth-order valence-electron chi connectivity index (χ4n) is 3.36. The molecular formula is C25H33BrN2O4.